The number of morpholine rings is 1. The number of aromatic nitrogens is 3. The maximum atomic E-state index is 10.0. The van der Waals surface area contributed by atoms with Crippen LogP contribution in [-0.2, 0) is 41.9 Å². The molecule has 1 saturated heterocycles. The lowest BCUT2D eigenvalue weighted by atomic mass is 10.1. The lowest BCUT2D eigenvalue weighted by molar-refractivity contribution is -0.121. The molecule has 0 radical (unpaired) electrons. The molecule has 1 aliphatic carbocycles. The van der Waals surface area contributed by atoms with Crippen LogP contribution in [0.2, 0.25) is 5.02 Å². The summed E-state index contributed by atoms with van der Waals surface area (Å²) >= 11 is 7.50. The lowest BCUT2D eigenvalue weighted by Crippen LogP contribution is -2.34. The van der Waals surface area contributed by atoms with Crippen LogP contribution in [0.25, 0.3) is 5.00 Å². The number of carbonyl (C=O) groups is 1. The number of thiophene rings is 1. The Morgan fingerprint density at radius 2 is 1.83 bits per heavy atom. The van der Waals surface area contributed by atoms with Gasteiger partial charge in [-0.2, -0.15) is 0 Å². The Labute approximate surface area is 217 Å². The Kier molecular flexibility index (Phi) is 11.2. The second-order valence-corrected chi connectivity index (χ2v) is 9.54. The van der Waals surface area contributed by atoms with Crippen molar-refractivity contribution in [1.82, 2.24) is 25.0 Å². The van der Waals surface area contributed by atoms with E-state index in [9.17, 15) is 4.79 Å². The van der Waals surface area contributed by atoms with Crippen molar-refractivity contribution in [2.75, 3.05) is 26.3 Å². The van der Waals surface area contributed by atoms with Crippen LogP contribution >= 0.6 is 22.9 Å². The van der Waals surface area contributed by atoms with Gasteiger partial charge >= 0.3 is 0 Å². The van der Waals surface area contributed by atoms with Crippen molar-refractivity contribution in [3.8, 4) is 5.00 Å². The van der Waals surface area contributed by atoms with E-state index in [1.165, 1.54) is 29.8 Å². The van der Waals surface area contributed by atoms with Gasteiger partial charge in [-0.3, -0.25) is 9.36 Å². The molecule has 0 bridgehead atoms. The van der Waals surface area contributed by atoms with Gasteiger partial charge in [-0.05, 0) is 37.0 Å². The Hall–Kier alpha value is -2.26. The number of hydrogen-bond acceptors (Lipinski definition) is 6. The van der Waals surface area contributed by atoms with Crippen LogP contribution in [0, 0.1) is 0 Å². The molecule has 7 nitrogen and oxygen atoms in total. The molecule has 2 aromatic heterocycles. The summed E-state index contributed by atoms with van der Waals surface area (Å²) in [5.74, 6) is 2.15. The minimum absolute atomic E-state index is 0.693. The van der Waals surface area contributed by atoms with Crippen molar-refractivity contribution in [2.24, 2.45) is 0 Å². The number of nitrogens with zero attached hydrogens (tertiary/aromatic N) is 4. The first-order valence-corrected chi connectivity index (χ1v) is 13.7. The standard InChI is InChI=1S/C13H16N4S.C6H5Cl.C5H9NO2.C2H6/c1-2-11-15-16-12-7-14-6-9-8-4-3-5-10(8)18-13(9)17(11)12;7-6-4-2-1-3-5-6;7-5-6-1-3-8-4-2-6;1-2/h14H,2-7H2,1H3;1-5H;5H,1-4H2;1-2H3. The number of fused-ring (bicyclic) bond motifs is 5. The number of carbonyl (C=O) groups excluding carboxylic acids is 1. The fraction of sp³-hybridized carbons (Fsp3) is 0.500. The van der Waals surface area contributed by atoms with E-state index in [-0.39, 0.29) is 0 Å². The van der Waals surface area contributed by atoms with E-state index in [4.69, 9.17) is 16.3 Å². The molecule has 3 aliphatic rings. The first kappa shape index (κ1) is 27.3. The molecule has 190 valence electrons. The third-order valence-corrected chi connectivity index (χ3v) is 7.41. The van der Waals surface area contributed by atoms with E-state index < -0.39 is 0 Å². The summed E-state index contributed by atoms with van der Waals surface area (Å²) in [6, 6.07) is 9.44. The normalized spacial score (nSPS) is 15.5. The zero-order valence-corrected chi connectivity index (χ0v) is 22.5. The van der Waals surface area contributed by atoms with Crippen molar-refractivity contribution < 1.29 is 9.53 Å². The zero-order valence-electron chi connectivity index (χ0n) is 20.9. The molecule has 0 unspecified atom stereocenters. The van der Waals surface area contributed by atoms with Crippen LogP contribution in [-0.4, -0.2) is 52.4 Å². The van der Waals surface area contributed by atoms with Crippen molar-refractivity contribution in [3.63, 3.8) is 0 Å². The molecule has 2 aliphatic heterocycles. The molecule has 3 aromatic rings. The highest BCUT2D eigenvalue weighted by atomic mass is 35.5. The predicted octanol–water partition coefficient (Wildman–Crippen LogP) is 4.82. The van der Waals surface area contributed by atoms with Gasteiger partial charge < -0.3 is 15.0 Å². The van der Waals surface area contributed by atoms with E-state index in [0.29, 0.717) is 13.2 Å². The highest BCUT2D eigenvalue weighted by Gasteiger charge is 2.27. The maximum absolute atomic E-state index is 10.0. The van der Waals surface area contributed by atoms with E-state index in [1.54, 1.807) is 15.3 Å². The van der Waals surface area contributed by atoms with E-state index in [0.717, 1.165) is 55.7 Å². The molecule has 1 aromatic carbocycles. The van der Waals surface area contributed by atoms with Gasteiger partial charge in [0.15, 0.2) is 5.82 Å². The van der Waals surface area contributed by atoms with Gasteiger partial charge in [0.25, 0.3) is 0 Å². The van der Waals surface area contributed by atoms with Gasteiger partial charge in [0.05, 0.1) is 19.8 Å². The van der Waals surface area contributed by atoms with Crippen molar-refractivity contribution in [2.45, 2.75) is 59.5 Å². The number of aryl methyl sites for hydroxylation is 2. The molecule has 0 atom stereocenters. The predicted molar refractivity (Wildman–Crippen MR) is 142 cm³/mol. The zero-order chi connectivity index (χ0) is 25.0. The smallest absolute Gasteiger partial charge is 0.209 e. The molecule has 4 heterocycles. The fourth-order valence-electron chi connectivity index (χ4n) is 4.15. The molecule has 0 spiro atoms. The SMILES string of the molecule is CC.CCc1nnc2n1-c1sc3c(c1CNC2)CCC3.Clc1ccccc1.O=CN1CCOCC1. The number of amides is 1. The summed E-state index contributed by atoms with van der Waals surface area (Å²) < 4.78 is 7.29. The third-order valence-electron chi connectivity index (χ3n) is 5.84. The van der Waals surface area contributed by atoms with Crippen LogP contribution in [0.3, 0.4) is 0 Å². The largest absolute Gasteiger partial charge is 0.378 e. The molecule has 0 saturated carbocycles. The quantitative estimate of drug-likeness (QED) is 0.493. The average molecular weight is 518 g/mol. The van der Waals surface area contributed by atoms with Crippen LogP contribution in [0.15, 0.2) is 30.3 Å². The maximum Gasteiger partial charge on any atom is 0.209 e. The highest BCUT2D eigenvalue weighted by Crippen LogP contribution is 2.39. The second kappa shape index (κ2) is 14.3. The molecular weight excluding hydrogens is 482 g/mol. The Morgan fingerprint density at radius 3 is 2.43 bits per heavy atom. The van der Waals surface area contributed by atoms with Gasteiger partial charge in [0.2, 0.25) is 6.41 Å². The number of hydrogen-bond donors (Lipinski definition) is 1. The van der Waals surface area contributed by atoms with Crippen LogP contribution in [0.4, 0.5) is 0 Å². The summed E-state index contributed by atoms with van der Waals surface area (Å²) in [5.41, 5.74) is 3.10. The van der Waals surface area contributed by atoms with Crippen LogP contribution < -0.4 is 5.32 Å². The monoisotopic (exact) mass is 517 g/mol. The molecule has 35 heavy (non-hydrogen) atoms. The summed E-state index contributed by atoms with van der Waals surface area (Å²) in [6.45, 7) is 10.8. The Balaban J connectivity index is 0.000000168. The van der Waals surface area contributed by atoms with E-state index in [1.807, 2.05) is 55.5 Å². The van der Waals surface area contributed by atoms with Crippen molar-refractivity contribution >= 4 is 29.3 Å². The molecule has 1 amide bonds. The fourth-order valence-corrected chi connectivity index (χ4v) is 5.74. The number of nitrogens with one attached hydrogen (secondary N) is 1. The number of rotatable bonds is 2. The summed E-state index contributed by atoms with van der Waals surface area (Å²) in [6.07, 6.45) is 5.63. The van der Waals surface area contributed by atoms with Crippen LogP contribution in [0.1, 0.15) is 54.8 Å². The lowest BCUT2D eigenvalue weighted by Gasteiger charge is -2.21. The van der Waals surface area contributed by atoms with Gasteiger partial charge in [-0.1, -0.05) is 50.6 Å². The summed E-state index contributed by atoms with van der Waals surface area (Å²) in [5, 5.41) is 14.3. The minimum atomic E-state index is 0.693. The first-order valence-electron chi connectivity index (χ1n) is 12.5. The third kappa shape index (κ3) is 7.13. The van der Waals surface area contributed by atoms with Gasteiger partial charge in [0.1, 0.15) is 10.8 Å². The first-order chi connectivity index (χ1) is 17.2. The van der Waals surface area contributed by atoms with E-state index >= 15 is 0 Å². The molecule has 6 rings (SSSR count). The van der Waals surface area contributed by atoms with Gasteiger partial charge in [-0.25, -0.2) is 0 Å². The number of benzene rings is 1. The number of ether oxygens (including phenoxy) is 1. The highest BCUT2D eigenvalue weighted by molar-refractivity contribution is 7.15. The Morgan fingerprint density at radius 1 is 1.09 bits per heavy atom. The minimum Gasteiger partial charge on any atom is -0.378 e. The second-order valence-electron chi connectivity index (χ2n) is 8.02. The van der Waals surface area contributed by atoms with Gasteiger partial charge in [0, 0.05) is 41.5 Å². The average Bonchev–Trinajstić information content (AvgIpc) is 3.60. The molecule has 1 fully saturated rings. The Bertz CT molecular complexity index is 1050. The summed E-state index contributed by atoms with van der Waals surface area (Å²) in [7, 11) is 0. The van der Waals surface area contributed by atoms with Crippen molar-refractivity contribution in [1.29, 1.82) is 0 Å². The van der Waals surface area contributed by atoms with E-state index in [2.05, 4.69) is 27.0 Å². The topological polar surface area (TPSA) is 72.3 Å². The summed E-state index contributed by atoms with van der Waals surface area (Å²) in [4.78, 5) is 13.3. The van der Waals surface area contributed by atoms with Crippen molar-refractivity contribution in [3.05, 3.63) is 63.0 Å². The molecular formula is C26H36ClN5O2S. The van der Waals surface area contributed by atoms with Crippen LogP contribution in [0.5, 0.6) is 0 Å². The van der Waals surface area contributed by atoms with Gasteiger partial charge in [-0.15, -0.1) is 21.5 Å². The molecule has 1 N–H and O–H groups in total. The number of halogens is 1. The molecule has 9 heteroatoms.